The molecule has 0 spiro atoms. The number of sulfonamides is 1. The number of nitrogens with zero attached hydrogens (tertiary/aromatic N) is 1. The lowest BCUT2D eigenvalue weighted by atomic mass is 9.67. The normalized spacial score (nSPS) is 22.9. The lowest BCUT2D eigenvalue weighted by molar-refractivity contribution is -0.155. The van der Waals surface area contributed by atoms with Crippen molar-refractivity contribution in [2.45, 2.75) is 63.6 Å². The van der Waals surface area contributed by atoms with E-state index in [-0.39, 0.29) is 42.1 Å². The molecule has 1 aliphatic carbocycles. The van der Waals surface area contributed by atoms with Crippen LogP contribution in [-0.4, -0.2) is 38.1 Å². The number of hydrogen-bond acceptors (Lipinski definition) is 4. The standard InChI is InChI=1S/C35H40Cl2N2O4S/c1-4-18-35(2)22-31(27-8-6-9-29(37)21-27)33(26-13-15-28(36)16-14-26)39(34(35)40)32(25-11-12-25)17-19-44(41,42)38-23-24-7-5-10-30(20-24)43-3/h4-10,13-16,20-21,25,31-33,38H,1,11-12,17-19,22-23H2,2-3H3/t31-,32+,33-,35+/m1/s1. The van der Waals surface area contributed by atoms with Gasteiger partial charge >= 0.3 is 0 Å². The summed E-state index contributed by atoms with van der Waals surface area (Å²) in [5, 5.41) is 1.25. The molecule has 1 heterocycles. The molecule has 9 heteroatoms. The highest BCUT2D eigenvalue weighted by Crippen LogP contribution is 2.54. The van der Waals surface area contributed by atoms with Crippen LogP contribution in [0.1, 0.15) is 67.7 Å². The van der Waals surface area contributed by atoms with Crippen LogP contribution in [0.2, 0.25) is 10.0 Å². The summed E-state index contributed by atoms with van der Waals surface area (Å²) in [7, 11) is -2.05. The Morgan fingerprint density at radius 3 is 2.43 bits per heavy atom. The molecule has 2 fully saturated rings. The van der Waals surface area contributed by atoms with Gasteiger partial charge in [0.05, 0.1) is 24.3 Å². The molecule has 5 rings (SSSR count). The van der Waals surface area contributed by atoms with Gasteiger partial charge in [-0.1, -0.05) is 72.6 Å². The van der Waals surface area contributed by atoms with Gasteiger partial charge in [0.2, 0.25) is 15.9 Å². The highest BCUT2D eigenvalue weighted by Gasteiger charge is 2.53. The Balaban J connectivity index is 1.49. The van der Waals surface area contributed by atoms with E-state index in [2.05, 4.69) is 17.4 Å². The van der Waals surface area contributed by atoms with E-state index in [9.17, 15) is 13.2 Å². The molecule has 1 saturated carbocycles. The van der Waals surface area contributed by atoms with E-state index in [1.54, 1.807) is 7.11 Å². The smallest absolute Gasteiger partial charge is 0.229 e. The Hall–Kier alpha value is -2.84. The summed E-state index contributed by atoms with van der Waals surface area (Å²) in [5.74, 6) is 0.781. The van der Waals surface area contributed by atoms with Gasteiger partial charge < -0.3 is 9.64 Å². The fraction of sp³-hybridized carbons (Fsp3) is 0.400. The highest BCUT2D eigenvalue weighted by atomic mass is 35.5. The van der Waals surface area contributed by atoms with Crippen LogP contribution in [0.4, 0.5) is 0 Å². The summed E-state index contributed by atoms with van der Waals surface area (Å²) in [4.78, 5) is 16.7. The number of nitrogens with one attached hydrogen (secondary N) is 1. The largest absolute Gasteiger partial charge is 0.497 e. The number of hydrogen-bond donors (Lipinski definition) is 1. The molecule has 234 valence electrons. The molecule has 0 bridgehead atoms. The van der Waals surface area contributed by atoms with E-state index in [1.165, 1.54) is 0 Å². The Morgan fingerprint density at radius 2 is 1.77 bits per heavy atom. The van der Waals surface area contributed by atoms with Crippen molar-refractivity contribution in [1.82, 2.24) is 9.62 Å². The zero-order valence-corrected chi connectivity index (χ0v) is 27.5. The number of carbonyl (C=O) groups excluding carboxylic acids is 1. The monoisotopic (exact) mass is 654 g/mol. The van der Waals surface area contributed by atoms with Gasteiger partial charge in [0.1, 0.15) is 5.75 Å². The summed E-state index contributed by atoms with van der Waals surface area (Å²) in [5.41, 5.74) is 2.13. The van der Waals surface area contributed by atoms with Crippen molar-refractivity contribution in [3.63, 3.8) is 0 Å². The predicted molar refractivity (Wildman–Crippen MR) is 178 cm³/mol. The molecule has 6 nitrogen and oxygen atoms in total. The van der Waals surface area contributed by atoms with Crippen LogP contribution in [0.25, 0.3) is 0 Å². The Morgan fingerprint density at radius 1 is 1.05 bits per heavy atom. The average Bonchev–Trinajstić information content (AvgIpc) is 3.85. The third-order valence-electron chi connectivity index (χ3n) is 9.02. The fourth-order valence-electron chi connectivity index (χ4n) is 6.66. The van der Waals surface area contributed by atoms with E-state index < -0.39 is 15.4 Å². The maximum Gasteiger partial charge on any atom is 0.229 e. The molecule has 2 aliphatic rings. The van der Waals surface area contributed by atoms with Crippen molar-refractivity contribution >= 4 is 39.1 Å². The summed E-state index contributed by atoms with van der Waals surface area (Å²) >= 11 is 12.8. The van der Waals surface area contributed by atoms with Crippen molar-refractivity contribution < 1.29 is 17.9 Å². The SMILES string of the molecule is C=CC[C@@]1(C)C[C@H](c2cccc(Cl)c2)[C@@H](c2ccc(Cl)cc2)N([C@@H](CCS(=O)(=O)NCc2cccc(OC)c2)C2CC2)C1=O. The molecular formula is C35H40Cl2N2O4S. The van der Waals surface area contributed by atoms with Gasteiger partial charge in [-0.2, -0.15) is 0 Å². The molecule has 0 aromatic heterocycles. The van der Waals surface area contributed by atoms with E-state index in [0.717, 1.165) is 29.5 Å². The van der Waals surface area contributed by atoms with Crippen LogP contribution in [0.5, 0.6) is 5.75 Å². The number of allylic oxidation sites excluding steroid dienone is 1. The van der Waals surface area contributed by atoms with E-state index in [0.29, 0.717) is 35.1 Å². The predicted octanol–water partition coefficient (Wildman–Crippen LogP) is 7.93. The van der Waals surface area contributed by atoms with Crippen LogP contribution in [0, 0.1) is 11.3 Å². The number of piperidine rings is 1. The van der Waals surface area contributed by atoms with E-state index in [1.807, 2.05) is 84.6 Å². The number of amides is 1. The summed E-state index contributed by atoms with van der Waals surface area (Å²) in [6, 6.07) is 22.3. The quantitative estimate of drug-likeness (QED) is 0.190. The second kappa shape index (κ2) is 13.7. The molecule has 1 amide bonds. The minimum atomic E-state index is -3.63. The second-order valence-electron chi connectivity index (χ2n) is 12.3. The molecule has 0 unspecified atom stereocenters. The van der Waals surface area contributed by atoms with Crippen molar-refractivity contribution in [3.8, 4) is 5.75 Å². The maximum atomic E-state index is 14.7. The first-order valence-corrected chi connectivity index (χ1v) is 17.5. The van der Waals surface area contributed by atoms with Crippen molar-refractivity contribution in [2.24, 2.45) is 11.3 Å². The lowest BCUT2D eigenvalue weighted by Crippen LogP contribution is -2.56. The van der Waals surface area contributed by atoms with Gasteiger partial charge in [-0.3, -0.25) is 4.79 Å². The molecule has 3 aromatic carbocycles. The van der Waals surface area contributed by atoms with Crippen LogP contribution >= 0.6 is 23.2 Å². The van der Waals surface area contributed by atoms with Crippen LogP contribution in [0.15, 0.2) is 85.5 Å². The minimum absolute atomic E-state index is 0.0364. The molecule has 1 saturated heterocycles. The highest BCUT2D eigenvalue weighted by molar-refractivity contribution is 7.89. The molecule has 1 aliphatic heterocycles. The molecule has 0 radical (unpaired) electrons. The second-order valence-corrected chi connectivity index (χ2v) is 15.1. The van der Waals surface area contributed by atoms with Gasteiger partial charge in [-0.15, -0.1) is 6.58 Å². The lowest BCUT2D eigenvalue weighted by Gasteiger charge is -2.52. The van der Waals surface area contributed by atoms with Crippen LogP contribution < -0.4 is 9.46 Å². The number of halogens is 2. The topological polar surface area (TPSA) is 75.7 Å². The zero-order chi connectivity index (χ0) is 31.5. The van der Waals surface area contributed by atoms with Gasteiger partial charge in [0, 0.05) is 28.5 Å². The Bertz CT molecular complexity index is 1590. The van der Waals surface area contributed by atoms with Gasteiger partial charge in [0.25, 0.3) is 0 Å². The number of likely N-dealkylation sites (tertiary alicyclic amines) is 1. The fourth-order valence-corrected chi connectivity index (χ4v) is 8.07. The van der Waals surface area contributed by atoms with Crippen LogP contribution in [0.3, 0.4) is 0 Å². The summed E-state index contributed by atoms with van der Waals surface area (Å²) < 4.78 is 34.7. The van der Waals surface area contributed by atoms with Gasteiger partial charge in [-0.05, 0) is 91.1 Å². The number of rotatable bonds is 13. The van der Waals surface area contributed by atoms with Crippen molar-refractivity contribution in [3.05, 3.63) is 112 Å². The molecule has 44 heavy (non-hydrogen) atoms. The molecule has 1 N–H and O–H groups in total. The van der Waals surface area contributed by atoms with Crippen molar-refractivity contribution in [1.29, 1.82) is 0 Å². The molecule has 3 aromatic rings. The Kier molecular flexibility index (Phi) is 10.1. The first kappa shape index (κ1) is 32.6. The number of methoxy groups -OCH3 is 1. The number of benzene rings is 3. The Labute approximate surface area is 271 Å². The zero-order valence-electron chi connectivity index (χ0n) is 25.2. The van der Waals surface area contributed by atoms with Gasteiger partial charge in [-0.25, -0.2) is 13.1 Å². The third kappa shape index (κ3) is 7.51. The average molecular weight is 656 g/mol. The number of carbonyl (C=O) groups is 1. The first-order chi connectivity index (χ1) is 21.0. The first-order valence-electron chi connectivity index (χ1n) is 15.1. The van der Waals surface area contributed by atoms with Crippen molar-refractivity contribution in [2.75, 3.05) is 12.9 Å². The van der Waals surface area contributed by atoms with E-state index >= 15 is 0 Å². The molecular weight excluding hydrogens is 615 g/mol. The number of ether oxygens (including phenoxy) is 1. The minimum Gasteiger partial charge on any atom is -0.497 e. The van der Waals surface area contributed by atoms with E-state index in [4.69, 9.17) is 27.9 Å². The van der Waals surface area contributed by atoms with Gasteiger partial charge in [0.15, 0.2) is 0 Å². The summed E-state index contributed by atoms with van der Waals surface area (Å²) in [6.45, 7) is 6.15. The maximum absolute atomic E-state index is 14.7. The van der Waals surface area contributed by atoms with Crippen LogP contribution in [-0.2, 0) is 21.4 Å². The summed E-state index contributed by atoms with van der Waals surface area (Å²) in [6.07, 6.45) is 5.19. The third-order valence-corrected chi connectivity index (χ3v) is 10.9. The molecule has 4 atom stereocenters.